The van der Waals surface area contributed by atoms with E-state index in [9.17, 15) is 4.79 Å². The normalized spacial score (nSPS) is 26.3. The molecule has 4 heteroatoms. The molecule has 0 spiro atoms. The summed E-state index contributed by atoms with van der Waals surface area (Å²) in [5.41, 5.74) is 2.09. The molecular weight excluding hydrogens is 242 g/mol. The third kappa shape index (κ3) is 3.96. The lowest BCUT2D eigenvalue weighted by molar-refractivity contribution is -0.136. The summed E-state index contributed by atoms with van der Waals surface area (Å²) in [6, 6.07) is 8.29. The van der Waals surface area contributed by atoms with E-state index in [4.69, 9.17) is 9.84 Å². The van der Waals surface area contributed by atoms with E-state index in [1.165, 1.54) is 0 Å². The van der Waals surface area contributed by atoms with Crippen LogP contribution >= 0.6 is 0 Å². The van der Waals surface area contributed by atoms with Crippen LogP contribution in [-0.2, 0) is 16.0 Å². The minimum Gasteiger partial charge on any atom is -0.481 e. The van der Waals surface area contributed by atoms with Gasteiger partial charge in [0.1, 0.15) is 0 Å². The van der Waals surface area contributed by atoms with Gasteiger partial charge in [-0.2, -0.15) is 0 Å². The number of nitrogens with one attached hydrogen (secondary N) is 1. The lowest BCUT2D eigenvalue weighted by Gasteiger charge is -2.17. The van der Waals surface area contributed by atoms with Crippen molar-refractivity contribution >= 4 is 11.7 Å². The third-order valence-electron chi connectivity index (χ3n) is 3.51. The van der Waals surface area contributed by atoms with Gasteiger partial charge in [0.05, 0.1) is 18.2 Å². The van der Waals surface area contributed by atoms with Gasteiger partial charge in [0, 0.05) is 12.1 Å². The molecule has 19 heavy (non-hydrogen) atoms. The van der Waals surface area contributed by atoms with E-state index in [1.54, 1.807) is 0 Å². The Morgan fingerprint density at radius 3 is 2.89 bits per heavy atom. The van der Waals surface area contributed by atoms with Crippen LogP contribution in [0.2, 0.25) is 0 Å². The van der Waals surface area contributed by atoms with Crippen molar-refractivity contribution in [3.8, 4) is 0 Å². The number of benzene rings is 1. The molecule has 1 aliphatic rings. The summed E-state index contributed by atoms with van der Waals surface area (Å²) in [6.45, 7) is 4.16. The Morgan fingerprint density at radius 2 is 2.26 bits per heavy atom. The van der Waals surface area contributed by atoms with Gasteiger partial charge < -0.3 is 15.2 Å². The van der Waals surface area contributed by atoms with Gasteiger partial charge in [-0.05, 0) is 44.4 Å². The summed E-state index contributed by atoms with van der Waals surface area (Å²) in [4.78, 5) is 10.6. The highest BCUT2D eigenvalue weighted by Gasteiger charge is 2.29. The molecule has 0 amide bonds. The fourth-order valence-corrected chi connectivity index (χ4v) is 2.52. The molecule has 0 aromatic heterocycles. The van der Waals surface area contributed by atoms with Crippen LogP contribution in [0.4, 0.5) is 5.69 Å². The summed E-state index contributed by atoms with van der Waals surface area (Å²) in [5, 5.41) is 12.2. The maximum absolute atomic E-state index is 10.6. The Balaban J connectivity index is 1.97. The quantitative estimate of drug-likeness (QED) is 0.857. The Bertz CT molecular complexity index is 447. The van der Waals surface area contributed by atoms with Gasteiger partial charge in [0.25, 0.3) is 0 Å². The van der Waals surface area contributed by atoms with Gasteiger partial charge in [0.15, 0.2) is 0 Å². The number of aliphatic carboxylic acids is 1. The number of aryl methyl sites for hydroxylation is 1. The van der Waals surface area contributed by atoms with Crippen LogP contribution in [0.25, 0.3) is 0 Å². The summed E-state index contributed by atoms with van der Waals surface area (Å²) >= 11 is 0. The molecule has 1 aromatic rings. The van der Waals surface area contributed by atoms with E-state index < -0.39 is 5.97 Å². The highest BCUT2D eigenvalue weighted by atomic mass is 16.5. The Hall–Kier alpha value is -1.55. The van der Waals surface area contributed by atoms with Crippen molar-refractivity contribution in [1.82, 2.24) is 0 Å². The van der Waals surface area contributed by atoms with Crippen molar-refractivity contribution in [1.29, 1.82) is 0 Å². The zero-order chi connectivity index (χ0) is 13.8. The van der Waals surface area contributed by atoms with Crippen molar-refractivity contribution in [3.63, 3.8) is 0 Å². The standard InChI is InChI=1S/C15H21NO3/c1-10-8-14(11(2)19-10)16-13-5-3-4-12(9-13)6-7-15(17)18/h3-5,9-11,14,16H,6-8H2,1-2H3,(H,17,18). The van der Waals surface area contributed by atoms with E-state index in [0.717, 1.165) is 17.7 Å². The van der Waals surface area contributed by atoms with E-state index in [0.29, 0.717) is 18.6 Å². The fraction of sp³-hybridized carbons (Fsp3) is 0.533. The molecule has 0 radical (unpaired) electrons. The molecule has 0 aliphatic carbocycles. The van der Waals surface area contributed by atoms with Gasteiger partial charge >= 0.3 is 5.97 Å². The summed E-state index contributed by atoms with van der Waals surface area (Å²) in [5.74, 6) is -0.759. The van der Waals surface area contributed by atoms with Gasteiger partial charge in [-0.25, -0.2) is 0 Å². The minimum absolute atomic E-state index is 0.170. The monoisotopic (exact) mass is 263 g/mol. The average molecular weight is 263 g/mol. The maximum atomic E-state index is 10.6. The molecule has 1 fully saturated rings. The summed E-state index contributed by atoms with van der Waals surface area (Å²) in [7, 11) is 0. The molecular formula is C15H21NO3. The number of hydrogen-bond donors (Lipinski definition) is 2. The second-order valence-electron chi connectivity index (χ2n) is 5.23. The number of ether oxygens (including phenoxy) is 1. The van der Waals surface area contributed by atoms with Gasteiger partial charge in [-0.1, -0.05) is 12.1 Å². The number of carbonyl (C=O) groups is 1. The van der Waals surface area contributed by atoms with Crippen molar-refractivity contribution in [2.75, 3.05) is 5.32 Å². The SMILES string of the molecule is CC1CC(Nc2cccc(CCC(=O)O)c2)C(C)O1. The summed E-state index contributed by atoms with van der Waals surface area (Å²) < 4.78 is 5.71. The molecule has 104 valence electrons. The number of carboxylic acid groups (broad SMARTS) is 1. The molecule has 0 bridgehead atoms. The molecule has 1 aliphatic heterocycles. The molecule has 1 aromatic carbocycles. The second kappa shape index (κ2) is 6.06. The van der Waals surface area contributed by atoms with E-state index in [2.05, 4.69) is 19.2 Å². The minimum atomic E-state index is -0.759. The predicted molar refractivity (Wildman–Crippen MR) is 74.4 cm³/mol. The van der Waals surface area contributed by atoms with E-state index >= 15 is 0 Å². The van der Waals surface area contributed by atoms with Crippen LogP contribution in [0.3, 0.4) is 0 Å². The first-order valence-corrected chi connectivity index (χ1v) is 6.77. The van der Waals surface area contributed by atoms with Crippen LogP contribution in [0.5, 0.6) is 0 Å². The first-order chi connectivity index (χ1) is 9.04. The molecule has 1 saturated heterocycles. The van der Waals surface area contributed by atoms with E-state index in [-0.39, 0.29) is 12.5 Å². The van der Waals surface area contributed by atoms with Gasteiger partial charge in [-0.3, -0.25) is 4.79 Å². The fourth-order valence-electron chi connectivity index (χ4n) is 2.52. The number of hydrogen-bond acceptors (Lipinski definition) is 3. The first-order valence-electron chi connectivity index (χ1n) is 6.77. The van der Waals surface area contributed by atoms with Crippen molar-refractivity contribution < 1.29 is 14.6 Å². The molecule has 3 unspecified atom stereocenters. The smallest absolute Gasteiger partial charge is 0.303 e. The van der Waals surface area contributed by atoms with Crippen molar-refractivity contribution in [2.24, 2.45) is 0 Å². The van der Waals surface area contributed by atoms with Crippen LogP contribution in [0.1, 0.15) is 32.3 Å². The Morgan fingerprint density at radius 1 is 1.47 bits per heavy atom. The van der Waals surface area contributed by atoms with Crippen molar-refractivity contribution in [2.45, 2.75) is 51.4 Å². The molecule has 2 N–H and O–H groups in total. The predicted octanol–water partition coefficient (Wildman–Crippen LogP) is 2.68. The zero-order valence-corrected chi connectivity index (χ0v) is 11.4. The van der Waals surface area contributed by atoms with Crippen LogP contribution in [0, 0.1) is 0 Å². The second-order valence-corrected chi connectivity index (χ2v) is 5.23. The highest BCUT2D eigenvalue weighted by Crippen LogP contribution is 2.24. The van der Waals surface area contributed by atoms with Crippen LogP contribution < -0.4 is 5.32 Å². The largest absolute Gasteiger partial charge is 0.481 e. The summed E-state index contributed by atoms with van der Waals surface area (Å²) in [6.07, 6.45) is 2.24. The Kier molecular flexibility index (Phi) is 4.43. The number of anilines is 1. The lowest BCUT2D eigenvalue weighted by Crippen LogP contribution is -2.26. The molecule has 2 rings (SSSR count). The highest BCUT2D eigenvalue weighted by molar-refractivity contribution is 5.67. The molecule has 4 nitrogen and oxygen atoms in total. The maximum Gasteiger partial charge on any atom is 0.303 e. The van der Waals surface area contributed by atoms with Gasteiger partial charge in [0.2, 0.25) is 0 Å². The lowest BCUT2D eigenvalue weighted by atomic mass is 10.1. The average Bonchev–Trinajstić information content (AvgIpc) is 2.66. The first kappa shape index (κ1) is 13.9. The van der Waals surface area contributed by atoms with Gasteiger partial charge in [-0.15, -0.1) is 0 Å². The van der Waals surface area contributed by atoms with Crippen LogP contribution in [0.15, 0.2) is 24.3 Å². The van der Waals surface area contributed by atoms with Crippen LogP contribution in [-0.4, -0.2) is 29.3 Å². The van der Waals surface area contributed by atoms with E-state index in [1.807, 2.05) is 24.3 Å². The molecule has 0 saturated carbocycles. The molecule has 1 heterocycles. The zero-order valence-electron chi connectivity index (χ0n) is 11.4. The number of rotatable bonds is 5. The Labute approximate surface area is 113 Å². The third-order valence-corrected chi connectivity index (χ3v) is 3.51. The molecule has 3 atom stereocenters. The topological polar surface area (TPSA) is 58.6 Å². The van der Waals surface area contributed by atoms with Crippen molar-refractivity contribution in [3.05, 3.63) is 29.8 Å². The number of carboxylic acids is 1.